The summed E-state index contributed by atoms with van der Waals surface area (Å²) < 4.78 is 0. The molecule has 0 heterocycles. The second-order valence-electron chi connectivity index (χ2n) is 6.17. The molecule has 0 aliphatic rings. The molecule has 3 aromatic rings. The first kappa shape index (κ1) is 16.5. The summed E-state index contributed by atoms with van der Waals surface area (Å²) in [5, 5.41) is 3.66. The molecule has 0 aliphatic carbocycles. The molecule has 1 atom stereocenters. The van der Waals surface area contributed by atoms with Crippen molar-refractivity contribution in [1.29, 1.82) is 0 Å². The molecule has 0 amide bonds. The molecule has 0 spiro atoms. The number of nitrogens with one attached hydrogen (secondary N) is 1. The molecule has 0 bridgehead atoms. The van der Waals surface area contributed by atoms with Crippen molar-refractivity contribution in [1.82, 2.24) is 5.32 Å². The van der Waals surface area contributed by atoms with E-state index in [1.165, 1.54) is 22.3 Å². The first-order valence-corrected chi connectivity index (χ1v) is 8.77. The standard InChI is InChI=1S/C23H25N/c1-2-19(20-11-5-3-6-12-20)17-24-18-22-15-9-10-16-23(22)21-13-7-4-8-14-21/h3-16,19,24H,2,17-18H2,1H3. The van der Waals surface area contributed by atoms with Gasteiger partial charge in [-0.2, -0.15) is 0 Å². The molecule has 3 aromatic carbocycles. The largest absolute Gasteiger partial charge is 0.312 e. The lowest BCUT2D eigenvalue weighted by Gasteiger charge is -2.17. The summed E-state index contributed by atoms with van der Waals surface area (Å²) in [6.07, 6.45) is 1.15. The molecule has 0 radical (unpaired) electrons. The lowest BCUT2D eigenvalue weighted by molar-refractivity contribution is 0.570. The maximum Gasteiger partial charge on any atom is 0.0211 e. The van der Waals surface area contributed by atoms with Gasteiger partial charge in [0.05, 0.1) is 0 Å². The van der Waals surface area contributed by atoms with E-state index in [9.17, 15) is 0 Å². The van der Waals surface area contributed by atoms with Crippen molar-refractivity contribution in [3.8, 4) is 11.1 Å². The van der Waals surface area contributed by atoms with Crippen molar-refractivity contribution in [2.45, 2.75) is 25.8 Å². The second kappa shape index (κ2) is 8.47. The van der Waals surface area contributed by atoms with Crippen molar-refractivity contribution >= 4 is 0 Å². The molecule has 1 unspecified atom stereocenters. The van der Waals surface area contributed by atoms with E-state index in [1.807, 2.05) is 0 Å². The fourth-order valence-corrected chi connectivity index (χ4v) is 3.18. The van der Waals surface area contributed by atoms with Gasteiger partial charge in [-0.05, 0) is 34.6 Å². The first-order chi connectivity index (χ1) is 11.9. The van der Waals surface area contributed by atoms with Gasteiger partial charge in [-0.3, -0.25) is 0 Å². The van der Waals surface area contributed by atoms with Crippen LogP contribution in [0.3, 0.4) is 0 Å². The predicted molar refractivity (Wildman–Crippen MR) is 103 cm³/mol. The Kier molecular flexibility index (Phi) is 5.81. The van der Waals surface area contributed by atoms with Crippen molar-refractivity contribution in [2.24, 2.45) is 0 Å². The maximum atomic E-state index is 3.66. The minimum Gasteiger partial charge on any atom is -0.312 e. The Morgan fingerprint density at radius 2 is 1.38 bits per heavy atom. The molecule has 0 aliphatic heterocycles. The van der Waals surface area contributed by atoms with Gasteiger partial charge in [0.1, 0.15) is 0 Å². The van der Waals surface area contributed by atoms with E-state index in [-0.39, 0.29) is 0 Å². The molecule has 0 saturated carbocycles. The van der Waals surface area contributed by atoms with Crippen LogP contribution in [0.25, 0.3) is 11.1 Å². The topological polar surface area (TPSA) is 12.0 Å². The van der Waals surface area contributed by atoms with E-state index < -0.39 is 0 Å². The third kappa shape index (κ3) is 4.12. The Labute approximate surface area is 145 Å². The Bertz CT molecular complexity index is 734. The van der Waals surface area contributed by atoms with E-state index in [1.54, 1.807) is 0 Å². The van der Waals surface area contributed by atoms with Crippen LogP contribution >= 0.6 is 0 Å². The van der Waals surface area contributed by atoms with Gasteiger partial charge in [0.25, 0.3) is 0 Å². The van der Waals surface area contributed by atoms with Gasteiger partial charge < -0.3 is 5.32 Å². The van der Waals surface area contributed by atoms with Gasteiger partial charge in [0, 0.05) is 13.1 Å². The molecular weight excluding hydrogens is 290 g/mol. The minimum absolute atomic E-state index is 0.565. The fraction of sp³-hybridized carbons (Fsp3) is 0.217. The summed E-state index contributed by atoms with van der Waals surface area (Å²) in [7, 11) is 0. The van der Waals surface area contributed by atoms with Crippen LogP contribution in [0.1, 0.15) is 30.4 Å². The molecule has 3 rings (SSSR count). The van der Waals surface area contributed by atoms with Crippen molar-refractivity contribution in [3.05, 3.63) is 96.1 Å². The van der Waals surface area contributed by atoms with Crippen LogP contribution in [-0.2, 0) is 6.54 Å². The summed E-state index contributed by atoms with van der Waals surface area (Å²) >= 11 is 0. The summed E-state index contributed by atoms with van der Waals surface area (Å²) in [4.78, 5) is 0. The zero-order chi connectivity index (χ0) is 16.6. The van der Waals surface area contributed by atoms with Gasteiger partial charge in [-0.1, -0.05) is 91.9 Å². The second-order valence-corrected chi connectivity index (χ2v) is 6.17. The monoisotopic (exact) mass is 315 g/mol. The summed E-state index contributed by atoms with van der Waals surface area (Å²) in [6.45, 7) is 4.16. The zero-order valence-electron chi connectivity index (χ0n) is 14.3. The van der Waals surface area contributed by atoms with Gasteiger partial charge in [0.15, 0.2) is 0 Å². The van der Waals surface area contributed by atoms with E-state index in [0.29, 0.717) is 5.92 Å². The van der Waals surface area contributed by atoms with Gasteiger partial charge in [-0.25, -0.2) is 0 Å². The van der Waals surface area contributed by atoms with Crippen LogP contribution in [0.5, 0.6) is 0 Å². The molecule has 1 N–H and O–H groups in total. The Morgan fingerprint density at radius 1 is 0.750 bits per heavy atom. The van der Waals surface area contributed by atoms with E-state index >= 15 is 0 Å². The smallest absolute Gasteiger partial charge is 0.0211 e. The van der Waals surface area contributed by atoms with Gasteiger partial charge >= 0.3 is 0 Å². The Hall–Kier alpha value is -2.38. The molecule has 0 saturated heterocycles. The summed E-state index contributed by atoms with van der Waals surface area (Å²) in [6, 6.07) is 30.1. The van der Waals surface area contributed by atoms with Crippen LogP contribution in [0, 0.1) is 0 Å². The third-order valence-corrected chi connectivity index (χ3v) is 4.57. The number of hydrogen-bond donors (Lipinski definition) is 1. The van der Waals surface area contributed by atoms with E-state index in [0.717, 1.165) is 19.5 Å². The highest BCUT2D eigenvalue weighted by atomic mass is 14.9. The highest BCUT2D eigenvalue weighted by molar-refractivity contribution is 5.67. The number of benzene rings is 3. The van der Waals surface area contributed by atoms with Gasteiger partial charge in [0.2, 0.25) is 0 Å². The number of rotatable bonds is 7. The van der Waals surface area contributed by atoms with Gasteiger partial charge in [-0.15, -0.1) is 0 Å². The highest BCUT2D eigenvalue weighted by Gasteiger charge is 2.09. The average Bonchev–Trinajstić information content (AvgIpc) is 2.67. The number of hydrogen-bond acceptors (Lipinski definition) is 1. The minimum atomic E-state index is 0.565. The quantitative estimate of drug-likeness (QED) is 0.595. The van der Waals surface area contributed by atoms with Crippen LogP contribution in [-0.4, -0.2) is 6.54 Å². The third-order valence-electron chi connectivity index (χ3n) is 4.57. The van der Waals surface area contributed by atoms with Crippen molar-refractivity contribution < 1.29 is 0 Å². The van der Waals surface area contributed by atoms with E-state index in [4.69, 9.17) is 0 Å². The first-order valence-electron chi connectivity index (χ1n) is 8.77. The van der Waals surface area contributed by atoms with E-state index in [2.05, 4.69) is 97.2 Å². The van der Waals surface area contributed by atoms with Crippen LogP contribution in [0.4, 0.5) is 0 Å². The van der Waals surface area contributed by atoms with Crippen molar-refractivity contribution in [3.63, 3.8) is 0 Å². The molecule has 0 aromatic heterocycles. The molecule has 122 valence electrons. The van der Waals surface area contributed by atoms with Crippen LogP contribution < -0.4 is 5.32 Å². The zero-order valence-corrected chi connectivity index (χ0v) is 14.3. The molecule has 1 nitrogen and oxygen atoms in total. The summed E-state index contributed by atoms with van der Waals surface area (Å²) in [5.74, 6) is 0.565. The molecule has 1 heteroatoms. The Balaban J connectivity index is 1.67. The van der Waals surface area contributed by atoms with Crippen molar-refractivity contribution in [2.75, 3.05) is 6.54 Å². The Morgan fingerprint density at radius 3 is 2.08 bits per heavy atom. The molecular formula is C23H25N. The average molecular weight is 315 g/mol. The maximum absolute atomic E-state index is 3.66. The fourth-order valence-electron chi connectivity index (χ4n) is 3.18. The SMILES string of the molecule is CCC(CNCc1ccccc1-c1ccccc1)c1ccccc1. The predicted octanol–water partition coefficient (Wildman–Crippen LogP) is 5.64. The normalized spacial score (nSPS) is 12.0. The summed E-state index contributed by atoms with van der Waals surface area (Å²) in [5.41, 5.74) is 5.37. The van der Waals surface area contributed by atoms with Crippen LogP contribution in [0.2, 0.25) is 0 Å². The highest BCUT2D eigenvalue weighted by Crippen LogP contribution is 2.24. The lowest BCUT2D eigenvalue weighted by Crippen LogP contribution is -2.21. The molecule has 24 heavy (non-hydrogen) atoms. The lowest BCUT2D eigenvalue weighted by atomic mass is 9.96. The van der Waals surface area contributed by atoms with Crippen LogP contribution in [0.15, 0.2) is 84.9 Å². The molecule has 0 fully saturated rings.